The van der Waals surface area contributed by atoms with Crippen LogP contribution in [0.5, 0.6) is 0 Å². The maximum Gasteiger partial charge on any atom is 0.259 e. The number of aryl methyl sites for hydroxylation is 2. The number of rotatable bonds is 6. The summed E-state index contributed by atoms with van der Waals surface area (Å²) in [6.07, 6.45) is 4.29. The third kappa shape index (κ3) is 4.53. The van der Waals surface area contributed by atoms with E-state index < -0.39 is 0 Å². The van der Waals surface area contributed by atoms with Gasteiger partial charge in [-0.25, -0.2) is 9.37 Å². The van der Waals surface area contributed by atoms with Crippen molar-refractivity contribution in [3.05, 3.63) is 62.3 Å². The second kappa shape index (κ2) is 8.67. The number of aromatic nitrogens is 2. The lowest BCUT2D eigenvalue weighted by atomic mass is 9.97. The molecule has 0 fully saturated rings. The van der Waals surface area contributed by atoms with Crippen LogP contribution in [-0.4, -0.2) is 21.6 Å². The van der Waals surface area contributed by atoms with Crippen LogP contribution in [-0.2, 0) is 23.4 Å². The van der Waals surface area contributed by atoms with Crippen molar-refractivity contribution < 1.29 is 9.18 Å². The van der Waals surface area contributed by atoms with Gasteiger partial charge in [0.15, 0.2) is 0 Å². The first kappa shape index (κ1) is 20.1. The van der Waals surface area contributed by atoms with Crippen LogP contribution in [0.2, 0.25) is 0 Å². The molecule has 0 spiro atoms. The standard InChI is InChI=1S/C21H22FN3O2S2/c1-12(13-6-8-14(22)9-7-13)23-18(26)11-28-10-17-24-20(27)19-15-4-2-3-5-16(15)29-21(19)25-17/h6-9,12H,2-5,10-11H2,1H3,(H,23,26)(H,24,25,27). The number of benzene rings is 1. The molecule has 0 radical (unpaired) electrons. The average Bonchev–Trinajstić information content (AvgIpc) is 3.07. The Bertz CT molecular complexity index is 1090. The Morgan fingerprint density at radius 1 is 1.31 bits per heavy atom. The maximum atomic E-state index is 13.0. The van der Waals surface area contributed by atoms with Crippen LogP contribution in [0.25, 0.3) is 10.2 Å². The van der Waals surface area contributed by atoms with E-state index in [1.807, 2.05) is 6.92 Å². The molecule has 1 atom stereocenters. The van der Waals surface area contributed by atoms with Crippen molar-refractivity contribution in [3.63, 3.8) is 0 Å². The van der Waals surface area contributed by atoms with Gasteiger partial charge in [0.05, 0.1) is 22.9 Å². The minimum Gasteiger partial charge on any atom is -0.349 e. The maximum absolute atomic E-state index is 13.0. The highest BCUT2D eigenvalue weighted by Gasteiger charge is 2.19. The number of hydrogen-bond acceptors (Lipinski definition) is 5. The summed E-state index contributed by atoms with van der Waals surface area (Å²) >= 11 is 3.03. The number of nitrogens with one attached hydrogen (secondary N) is 2. The van der Waals surface area contributed by atoms with E-state index in [-0.39, 0.29) is 29.1 Å². The van der Waals surface area contributed by atoms with Gasteiger partial charge >= 0.3 is 0 Å². The monoisotopic (exact) mass is 431 g/mol. The van der Waals surface area contributed by atoms with E-state index in [0.717, 1.165) is 35.0 Å². The molecule has 0 bridgehead atoms. The van der Waals surface area contributed by atoms with Gasteiger partial charge in [0.2, 0.25) is 5.91 Å². The largest absolute Gasteiger partial charge is 0.349 e. The number of nitrogens with zero attached hydrogens (tertiary/aromatic N) is 1. The number of thioether (sulfide) groups is 1. The zero-order chi connectivity index (χ0) is 20.4. The normalized spacial score (nSPS) is 14.6. The number of amides is 1. The summed E-state index contributed by atoms with van der Waals surface area (Å²) in [5.74, 6) is 0.917. The van der Waals surface area contributed by atoms with Crippen molar-refractivity contribution in [2.75, 3.05) is 5.75 Å². The van der Waals surface area contributed by atoms with Crippen molar-refractivity contribution in [3.8, 4) is 0 Å². The third-order valence-electron chi connectivity index (χ3n) is 5.09. The molecule has 1 aromatic carbocycles. The smallest absolute Gasteiger partial charge is 0.259 e. The summed E-state index contributed by atoms with van der Waals surface area (Å²) in [6.45, 7) is 1.86. The van der Waals surface area contributed by atoms with Gasteiger partial charge < -0.3 is 10.3 Å². The number of halogens is 1. The lowest BCUT2D eigenvalue weighted by Gasteiger charge is -2.14. The number of hydrogen-bond donors (Lipinski definition) is 2. The molecule has 5 nitrogen and oxygen atoms in total. The van der Waals surface area contributed by atoms with Crippen LogP contribution in [0.1, 0.15) is 47.6 Å². The Hall–Kier alpha value is -2.19. The molecule has 1 unspecified atom stereocenters. The van der Waals surface area contributed by atoms with Crippen molar-refractivity contribution in [1.29, 1.82) is 0 Å². The molecule has 152 valence electrons. The molecule has 1 amide bonds. The summed E-state index contributed by atoms with van der Waals surface area (Å²) in [5, 5.41) is 3.66. The number of fused-ring (bicyclic) bond motifs is 3. The predicted octanol–water partition coefficient (Wildman–Crippen LogP) is 4.11. The van der Waals surface area contributed by atoms with E-state index in [4.69, 9.17) is 0 Å². The second-order valence-corrected chi connectivity index (χ2v) is 9.31. The SMILES string of the molecule is CC(NC(=O)CSCc1nc2sc3c(c2c(=O)[nH]1)CCCC3)c1ccc(F)cc1. The first-order valence-corrected chi connectivity index (χ1v) is 11.6. The number of carbonyl (C=O) groups is 1. The number of H-pyrrole nitrogens is 1. The molecule has 0 saturated carbocycles. The topological polar surface area (TPSA) is 74.8 Å². The molecule has 4 rings (SSSR count). The van der Waals surface area contributed by atoms with Gasteiger partial charge in [0.25, 0.3) is 5.56 Å². The van der Waals surface area contributed by atoms with E-state index in [9.17, 15) is 14.0 Å². The second-order valence-electron chi connectivity index (χ2n) is 7.24. The molecule has 2 N–H and O–H groups in total. The number of carbonyl (C=O) groups excluding carboxylic acids is 1. The quantitative estimate of drug-likeness (QED) is 0.616. The zero-order valence-electron chi connectivity index (χ0n) is 16.1. The lowest BCUT2D eigenvalue weighted by molar-refractivity contribution is -0.119. The third-order valence-corrected chi connectivity index (χ3v) is 7.22. The molecule has 29 heavy (non-hydrogen) atoms. The van der Waals surface area contributed by atoms with Gasteiger partial charge in [-0.2, -0.15) is 0 Å². The summed E-state index contributed by atoms with van der Waals surface area (Å²) in [7, 11) is 0. The van der Waals surface area contributed by atoms with E-state index in [1.54, 1.807) is 23.5 Å². The lowest BCUT2D eigenvalue weighted by Crippen LogP contribution is -2.28. The molecule has 1 aliphatic rings. The van der Waals surface area contributed by atoms with Crippen molar-refractivity contribution in [2.45, 2.75) is 44.4 Å². The highest BCUT2D eigenvalue weighted by Crippen LogP contribution is 2.33. The first-order chi connectivity index (χ1) is 14.0. The Morgan fingerprint density at radius 2 is 2.07 bits per heavy atom. The molecule has 0 aliphatic heterocycles. The van der Waals surface area contributed by atoms with Crippen LogP contribution < -0.4 is 10.9 Å². The fraction of sp³-hybridized carbons (Fsp3) is 0.381. The van der Waals surface area contributed by atoms with Gasteiger partial charge in [-0.05, 0) is 55.9 Å². The van der Waals surface area contributed by atoms with Crippen molar-refractivity contribution in [2.24, 2.45) is 0 Å². The number of aromatic amines is 1. The predicted molar refractivity (Wildman–Crippen MR) is 116 cm³/mol. The minimum absolute atomic E-state index is 0.0700. The molecule has 8 heteroatoms. The average molecular weight is 432 g/mol. The van der Waals surface area contributed by atoms with Crippen LogP contribution >= 0.6 is 23.1 Å². The van der Waals surface area contributed by atoms with Crippen LogP contribution in [0.4, 0.5) is 4.39 Å². The van der Waals surface area contributed by atoms with E-state index in [0.29, 0.717) is 11.6 Å². The molecule has 2 aromatic heterocycles. The summed E-state index contributed by atoms with van der Waals surface area (Å²) in [4.78, 5) is 34.4. The molecular weight excluding hydrogens is 409 g/mol. The minimum atomic E-state index is -0.298. The Labute approximate surface area is 176 Å². The summed E-state index contributed by atoms with van der Waals surface area (Å²) in [6, 6.07) is 5.90. The zero-order valence-corrected chi connectivity index (χ0v) is 17.7. The summed E-state index contributed by atoms with van der Waals surface area (Å²) in [5.41, 5.74) is 1.96. The van der Waals surface area contributed by atoms with Gasteiger partial charge in [0.1, 0.15) is 16.5 Å². The van der Waals surface area contributed by atoms with Gasteiger partial charge in [-0.3, -0.25) is 9.59 Å². The summed E-state index contributed by atoms with van der Waals surface area (Å²) < 4.78 is 13.0. The highest BCUT2D eigenvalue weighted by molar-refractivity contribution is 7.99. The number of thiophene rings is 1. The van der Waals surface area contributed by atoms with Gasteiger partial charge in [-0.1, -0.05) is 12.1 Å². The molecule has 2 heterocycles. The Morgan fingerprint density at radius 3 is 2.86 bits per heavy atom. The van der Waals surface area contributed by atoms with Gasteiger partial charge in [0, 0.05) is 4.88 Å². The molecule has 3 aromatic rings. The Kier molecular flexibility index (Phi) is 6.01. The highest BCUT2D eigenvalue weighted by atomic mass is 32.2. The molecular formula is C21H22FN3O2S2. The fourth-order valence-electron chi connectivity index (χ4n) is 3.64. The van der Waals surface area contributed by atoms with Gasteiger partial charge in [-0.15, -0.1) is 23.1 Å². The van der Waals surface area contributed by atoms with Crippen LogP contribution in [0, 0.1) is 5.82 Å². The van der Waals surface area contributed by atoms with E-state index in [2.05, 4.69) is 15.3 Å². The van der Waals surface area contributed by atoms with Crippen LogP contribution in [0.15, 0.2) is 29.1 Å². The Balaban J connectivity index is 1.35. The van der Waals surface area contributed by atoms with Crippen LogP contribution in [0.3, 0.4) is 0 Å². The first-order valence-electron chi connectivity index (χ1n) is 9.67. The van der Waals surface area contributed by atoms with E-state index >= 15 is 0 Å². The van der Waals surface area contributed by atoms with Crippen molar-refractivity contribution >= 4 is 39.2 Å². The van der Waals surface area contributed by atoms with E-state index in [1.165, 1.54) is 40.8 Å². The molecule has 1 aliphatic carbocycles. The molecule has 0 saturated heterocycles. The fourth-order valence-corrected chi connectivity index (χ4v) is 5.62. The van der Waals surface area contributed by atoms with Crippen molar-refractivity contribution in [1.82, 2.24) is 15.3 Å².